The highest BCUT2D eigenvalue weighted by Gasteiger charge is 2.53. The van der Waals surface area contributed by atoms with Crippen LogP contribution in [0.5, 0.6) is 0 Å². The zero-order valence-electron chi connectivity index (χ0n) is 15.0. The van der Waals surface area contributed by atoms with Crippen LogP contribution in [-0.2, 0) is 9.53 Å². The van der Waals surface area contributed by atoms with Crippen LogP contribution in [0.4, 0.5) is 0 Å². The summed E-state index contributed by atoms with van der Waals surface area (Å²) in [4.78, 5) is 28.2. The molecule has 4 fully saturated rings. The van der Waals surface area contributed by atoms with Crippen molar-refractivity contribution in [3.8, 4) is 0 Å². The molecular formula is C20H25ClN2O3. The van der Waals surface area contributed by atoms with E-state index in [4.69, 9.17) is 16.3 Å². The molecule has 0 spiro atoms. The number of ether oxygens (including phenoxy) is 1. The maximum absolute atomic E-state index is 12.3. The van der Waals surface area contributed by atoms with Crippen LogP contribution >= 0.6 is 11.6 Å². The van der Waals surface area contributed by atoms with E-state index in [2.05, 4.69) is 17.2 Å². The molecule has 26 heavy (non-hydrogen) atoms. The van der Waals surface area contributed by atoms with Gasteiger partial charge in [-0.25, -0.2) is 9.78 Å². The summed E-state index contributed by atoms with van der Waals surface area (Å²) in [7, 11) is 0. The lowest BCUT2D eigenvalue weighted by molar-refractivity contribution is -0.128. The number of carbonyl (C=O) groups excluding carboxylic acids is 2. The number of hydrogen-bond donors (Lipinski definition) is 1. The van der Waals surface area contributed by atoms with E-state index in [1.54, 1.807) is 6.07 Å². The molecule has 0 unspecified atom stereocenters. The Morgan fingerprint density at radius 1 is 1.27 bits per heavy atom. The predicted octanol–water partition coefficient (Wildman–Crippen LogP) is 3.61. The van der Waals surface area contributed by atoms with Crippen LogP contribution in [0.25, 0.3) is 0 Å². The molecule has 6 heteroatoms. The third kappa shape index (κ3) is 3.34. The molecule has 140 valence electrons. The summed E-state index contributed by atoms with van der Waals surface area (Å²) in [6.07, 6.45) is 9.32. The van der Waals surface area contributed by atoms with Crippen LogP contribution in [0.1, 0.15) is 55.8 Å². The van der Waals surface area contributed by atoms with Gasteiger partial charge >= 0.3 is 5.97 Å². The van der Waals surface area contributed by atoms with Gasteiger partial charge in [0.25, 0.3) is 5.91 Å². The molecule has 1 N–H and O–H groups in total. The summed E-state index contributed by atoms with van der Waals surface area (Å²) in [6.45, 7) is 1.83. The van der Waals surface area contributed by atoms with Crippen molar-refractivity contribution < 1.29 is 14.3 Å². The molecule has 5 nitrogen and oxygen atoms in total. The zero-order chi connectivity index (χ0) is 18.3. The van der Waals surface area contributed by atoms with Crippen molar-refractivity contribution in [3.05, 3.63) is 29.0 Å². The number of amides is 1. The largest absolute Gasteiger partial charge is 0.452 e. The average Bonchev–Trinajstić information content (AvgIpc) is 2.59. The SMILES string of the molecule is C[C@@H](NC(=O)COC(=O)c1cccnc1Cl)C12CC3CC(CC(C3)C1)C2. The lowest BCUT2D eigenvalue weighted by Crippen LogP contribution is -2.56. The number of esters is 1. The number of pyridine rings is 1. The molecular weight excluding hydrogens is 352 g/mol. The van der Waals surface area contributed by atoms with Crippen molar-refractivity contribution in [1.29, 1.82) is 0 Å². The van der Waals surface area contributed by atoms with E-state index in [-0.39, 0.29) is 34.7 Å². The highest BCUT2D eigenvalue weighted by Crippen LogP contribution is 2.61. The number of rotatable bonds is 5. The van der Waals surface area contributed by atoms with Gasteiger partial charge in [0, 0.05) is 12.2 Å². The first-order valence-electron chi connectivity index (χ1n) is 9.52. The summed E-state index contributed by atoms with van der Waals surface area (Å²) in [5, 5.41) is 3.18. The van der Waals surface area contributed by atoms with Crippen LogP contribution in [0, 0.1) is 23.2 Å². The fraction of sp³-hybridized carbons (Fsp3) is 0.650. The van der Waals surface area contributed by atoms with E-state index >= 15 is 0 Å². The van der Waals surface area contributed by atoms with Crippen LogP contribution in [0.2, 0.25) is 5.15 Å². The Bertz CT molecular complexity index is 685. The van der Waals surface area contributed by atoms with E-state index in [1.165, 1.54) is 50.8 Å². The minimum atomic E-state index is -0.624. The standard InChI is InChI=1S/C20H25ClN2O3/c1-12(20-8-13-5-14(9-20)7-15(6-13)10-20)23-17(24)11-26-19(25)16-3-2-4-22-18(16)21/h2-4,12-15H,5-11H2,1H3,(H,23,24)/t12-,13?,14?,15?,20?/m1/s1. The van der Waals surface area contributed by atoms with Gasteiger partial charge in [-0.05, 0) is 80.8 Å². The first-order valence-corrected chi connectivity index (χ1v) is 9.90. The van der Waals surface area contributed by atoms with Crippen molar-refractivity contribution in [2.75, 3.05) is 6.61 Å². The van der Waals surface area contributed by atoms with Crippen LogP contribution in [0.15, 0.2) is 18.3 Å². The van der Waals surface area contributed by atoms with Gasteiger partial charge in [0.2, 0.25) is 0 Å². The molecule has 5 rings (SSSR count). The molecule has 4 saturated carbocycles. The summed E-state index contributed by atoms with van der Waals surface area (Å²) in [5.41, 5.74) is 0.414. The van der Waals surface area contributed by atoms with Crippen LogP contribution in [-0.4, -0.2) is 29.5 Å². The second-order valence-electron chi connectivity index (χ2n) is 8.49. The van der Waals surface area contributed by atoms with Crippen molar-refractivity contribution in [1.82, 2.24) is 10.3 Å². The Balaban J connectivity index is 1.32. The van der Waals surface area contributed by atoms with E-state index in [0.717, 1.165) is 17.8 Å². The van der Waals surface area contributed by atoms with Gasteiger partial charge in [0.1, 0.15) is 5.15 Å². The first-order chi connectivity index (χ1) is 12.4. The Hall–Kier alpha value is -1.62. The number of nitrogens with zero attached hydrogens (tertiary/aromatic N) is 1. The zero-order valence-corrected chi connectivity index (χ0v) is 15.8. The third-order valence-corrected chi connectivity index (χ3v) is 7.00. The van der Waals surface area contributed by atoms with Gasteiger partial charge in [-0.1, -0.05) is 11.6 Å². The van der Waals surface area contributed by atoms with Crippen molar-refractivity contribution >= 4 is 23.5 Å². The molecule has 1 atom stereocenters. The maximum Gasteiger partial charge on any atom is 0.341 e. The van der Waals surface area contributed by atoms with Gasteiger partial charge in [-0.2, -0.15) is 0 Å². The highest BCUT2D eigenvalue weighted by molar-refractivity contribution is 6.32. The Kier molecular flexibility index (Phi) is 4.68. The van der Waals surface area contributed by atoms with Gasteiger partial charge < -0.3 is 10.1 Å². The lowest BCUT2D eigenvalue weighted by atomic mass is 9.48. The first kappa shape index (κ1) is 17.8. The quantitative estimate of drug-likeness (QED) is 0.629. The second-order valence-corrected chi connectivity index (χ2v) is 8.85. The fourth-order valence-electron chi connectivity index (χ4n) is 5.89. The van der Waals surface area contributed by atoms with E-state index in [0.29, 0.717) is 0 Å². The van der Waals surface area contributed by atoms with Gasteiger partial charge in [0.15, 0.2) is 6.61 Å². The topological polar surface area (TPSA) is 68.3 Å². The van der Waals surface area contributed by atoms with Gasteiger partial charge in [-0.15, -0.1) is 0 Å². The van der Waals surface area contributed by atoms with Gasteiger partial charge in [-0.3, -0.25) is 4.79 Å². The van der Waals surface area contributed by atoms with Crippen molar-refractivity contribution in [3.63, 3.8) is 0 Å². The third-order valence-electron chi connectivity index (χ3n) is 6.70. The van der Waals surface area contributed by atoms with Crippen molar-refractivity contribution in [2.24, 2.45) is 23.2 Å². The number of halogens is 1. The fourth-order valence-corrected chi connectivity index (χ4v) is 6.09. The molecule has 1 aromatic rings. The molecule has 1 amide bonds. The van der Waals surface area contributed by atoms with Crippen molar-refractivity contribution in [2.45, 2.75) is 51.5 Å². The minimum Gasteiger partial charge on any atom is -0.452 e. The summed E-state index contributed by atoms with van der Waals surface area (Å²) < 4.78 is 5.12. The number of hydrogen-bond acceptors (Lipinski definition) is 4. The molecule has 1 aromatic heterocycles. The molecule has 4 aliphatic rings. The summed E-state index contributed by atoms with van der Waals surface area (Å²) in [5.74, 6) is 1.64. The molecule has 0 saturated heterocycles. The van der Waals surface area contributed by atoms with E-state index in [9.17, 15) is 9.59 Å². The Morgan fingerprint density at radius 3 is 2.46 bits per heavy atom. The highest BCUT2D eigenvalue weighted by atomic mass is 35.5. The second kappa shape index (κ2) is 6.84. The molecule has 0 aromatic carbocycles. The summed E-state index contributed by atoms with van der Waals surface area (Å²) in [6, 6.07) is 3.26. The number of nitrogens with one attached hydrogen (secondary N) is 1. The van der Waals surface area contributed by atoms with Crippen LogP contribution < -0.4 is 5.32 Å². The Labute approximate surface area is 158 Å². The van der Waals surface area contributed by atoms with E-state index in [1.807, 2.05) is 0 Å². The lowest BCUT2D eigenvalue weighted by Gasteiger charge is -2.59. The molecule has 1 heterocycles. The predicted molar refractivity (Wildman–Crippen MR) is 97.7 cm³/mol. The molecule has 4 bridgehead atoms. The Morgan fingerprint density at radius 2 is 1.88 bits per heavy atom. The average molecular weight is 377 g/mol. The van der Waals surface area contributed by atoms with E-state index < -0.39 is 5.97 Å². The molecule has 0 radical (unpaired) electrons. The summed E-state index contributed by atoms with van der Waals surface area (Å²) >= 11 is 5.88. The molecule has 4 aliphatic carbocycles. The number of aromatic nitrogens is 1. The van der Waals surface area contributed by atoms with Gasteiger partial charge in [0.05, 0.1) is 5.56 Å². The smallest absolute Gasteiger partial charge is 0.341 e. The molecule has 0 aliphatic heterocycles. The maximum atomic E-state index is 12.3. The minimum absolute atomic E-state index is 0.0832. The number of carbonyl (C=O) groups is 2. The monoisotopic (exact) mass is 376 g/mol. The van der Waals surface area contributed by atoms with Crippen LogP contribution in [0.3, 0.4) is 0 Å². The normalized spacial score (nSPS) is 32.9.